The number of benzene rings is 1. The van der Waals surface area contributed by atoms with Crippen molar-refractivity contribution in [2.24, 2.45) is 0 Å². The van der Waals surface area contributed by atoms with Crippen LogP contribution in [0.4, 0.5) is 5.88 Å². The number of nitrogens with two attached hydrogens (primary N) is 1. The molecule has 0 atom stereocenters. The molecule has 0 fully saturated rings. The highest BCUT2D eigenvalue weighted by Gasteiger charge is 2.17. The molecule has 0 radical (unpaired) electrons. The van der Waals surface area contributed by atoms with Crippen molar-refractivity contribution in [3.05, 3.63) is 33.9 Å². The molecule has 2 aromatic rings. The molecular formula is C12H11BrN2O. The quantitative estimate of drug-likeness (QED) is 0.872. The van der Waals surface area contributed by atoms with Crippen molar-refractivity contribution in [2.75, 3.05) is 5.73 Å². The zero-order chi connectivity index (χ0) is 11.1. The van der Waals surface area contributed by atoms with Gasteiger partial charge in [-0.05, 0) is 42.0 Å². The molecule has 0 amide bonds. The maximum Gasteiger partial charge on any atom is 0.229 e. The topological polar surface area (TPSA) is 52.0 Å². The zero-order valence-corrected chi connectivity index (χ0v) is 10.3. The van der Waals surface area contributed by atoms with Crippen LogP contribution in [0.1, 0.15) is 17.5 Å². The molecule has 0 spiro atoms. The molecule has 3 rings (SSSR count). The average molecular weight is 279 g/mol. The van der Waals surface area contributed by atoms with E-state index in [9.17, 15) is 0 Å². The Morgan fingerprint density at radius 1 is 1.31 bits per heavy atom. The molecular weight excluding hydrogens is 268 g/mol. The van der Waals surface area contributed by atoms with Crippen molar-refractivity contribution < 1.29 is 4.52 Å². The Kier molecular flexibility index (Phi) is 2.24. The summed E-state index contributed by atoms with van der Waals surface area (Å²) in [4.78, 5) is 0. The minimum atomic E-state index is 0.379. The first kappa shape index (κ1) is 9.90. The van der Waals surface area contributed by atoms with Crippen molar-refractivity contribution in [3.8, 4) is 11.1 Å². The molecule has 1 heterocycles. The third-order valence-electron chi connectivity index (χ3n) is 3.07. The maximum absolute atomic E-state index is 5.72. The fourth-order valence-electron chi connectivity index (χ4n) is 2.27. The van der Waals surface area contributed by atoms with E-state index in [-0.39, 0.29) is 0 Å². The summed E-state index contributed by atoms with van der Waals surface area (Å²) >= 11 is 3.62. The van der Waals surface area contributed by atoms with Crippen LogP contribution in [0.2, 0.25) is 0 Å². The molecule has 1 aromatic carbocycles. The fraction of sp³-hybridized carbons (Fsp3) is 0.250. The molecule has 16 heavy (non-hydrogen) atoms. The van der Waals surface area contributed by atoms with Gasteiger partial charge in [-0.2, -0.15) is 0 Å². The Hall–Kier alpha value is -1.29. The molecule has 1 aromatic heterocycles. The Bertz CT molecular complexity index is 548. The largest absolute Gasteiger partial charge is 0.367 e. The number of nitrogens with zero attached hydrogens (tertiary/aromatic N) is 1. The van der Waals surface area contributed by atoms with Gasteiger partial charge in [0.1, 0.15) is 0 Å². The average Bonchev–Trinajstić information content (AvgIpc) is 2.85. The van der Waals surface area contributed by atoms with Gasteiger partial charge in [0.05, 0.1) is 11.8 Å². The van der Waals surface area contributed by atoms with E-state index in [1.807, 2.05) is 0 Å². The third-order valence-corrected chi connectivity index (χ3v) is 3.78. The van der Waals surface area contributed by atoms with Gasteiger partial charge in [0.2, 0.25) is 5.88 Å². The minimum Gasteiger partial charge on any atom is -0.367 e. The lowest BCUT2D eigenvalue weighted by Gasteiger charge is -2.06. The Morgan fingerprint density at radius 3 is 2.94 bits per heavy atom. The summed E-state index contributed by atoms with van der Waals surface area (Å²) in [6, 6.07) is 4.28. The number of anilines is 1. The molecule has 1 aliphatic carbocycles. The first-order valence-electron chi connectivity index (χ1n) is 5.27. The Balaban J connectivity index is 2.17. The highest BCUT2D eigenvalue weighted by Crippen LogP contribution is 2.35. The van der Waals surface area contributed by atoms with E-state index in [1.54, 1.807) is 6.20 Å². The van der Waals surface area contributed by atoms with E-state index in [4.69, 9.17) is 10.3 Å². The van der Waals surface area contributed by atoms with Gasteiger partial charge in [0, 0.05) is 4.47 Å². The van der Waals surface area contributed by atoms with Gasteiger partial charge in [-0.25, -0.2) is 0 Å². The summed E-state index contributed by atoms with van der Waals surface area (Å²) in [5.41, 5.74) is 10.5. The second kappa shape index (κ2) is 3.63. The predicted molar refractivity (Wildman–Crippen MR) is 66.1 cm³/mol. The van der Waals surface area contributed by atoms with Crippen LogP contribution in [0, 0.1) is 0 Å². The number of hydrogen-bond acceptors (Lipinski definition) is 3. The highest BCUT2D eigenvalue weighted by atomic mass is 79.9. The van der Waals surface area contributed by atoms with Crippen LogP contribution in [0.25, 0.3) is 11.1 Å². The normalized spacial score (nSPS) is 14.1. The van der Waals surface area contributed by atoms with E-state index >= 15 is 0 Å². The lowest BCUT2D eigenvalue weighted by atomic mass is 10.0. The first-order valence-corrected chi connectivity index (χ1v) is 6.07. The van der Waals surface area contributed by atoms with Crippen LogP contribution < -0.4 is 5.73 Å². The molecule has 1 aliphatic rings. The fourth-order valence-corrected chi connectivity index (χ4v) is 2.97. The number of halogens is 1. The van der Waals surface area contributed by atoms with E-state index < -0.39 is 0 Å². The van der Waals surface area contributed by atoms with E-state index in [0.29, 0.717) is 5.88 Å². The third kappa shape index (κ3) is 1.45. The summed E-state index contributed by atoms with van der Waals surface area (Å²) in [5, 5.41) is 3.71. The van der Waals surface area contributed by atoms with E-state index in [0.717, 1.165) is 28.4 Å². The van der Waals surface area contributed by atoms with Crippen LogP contribution in [-0.2, 0) is 12.8 Å². The maximum atomic E-state index is 5.72. The lowest BCUT2D eigenvalue weighted by Crippen LogP contribution is -1.89. The second-order valence-electron chi connectivity index (χ2n) is 4.05. The minimum absolute atomic E-state index is 0.379. The molecule has 0 saturated carbocycles. The number of aromatic nitrogens is 1. The van der Waals surface area contributed by atoms with Crippen molar-refractivity contribution in [1.29, 1.82) is 0 Å². The van der Waals surface area contributed by atoms with Gasteiger partial charge in [-0.3, -0.25) is 0 Å². The second-order valence-corrected chi connectivity index (χ2v) is 4.91. The molecule has 3 nitrogen and oxygen atoms in total. The van der Waals surface area contributed by atoms with Crippen LogP contribution in [0.3, 0.4) is 0 Å². The molecule has 0 aliphatic heterocycles. The van der Waals surface area contributed by atoms with Gasteiger partial charge in [-0.15, -0.1) is 0 Å². The molecule has 4 heteroatoms. The molecule has 0 bridgehead atoms. The van der Waals surface area contributed by atoms with Crippen LogP contribution in [0.5, 0.6) is 0 Å². The summed E-state index contributed by atoms with van der Waals surface area (Å²) in [6.45, 7) is 0. The van der Waals surface area contributed by atoms with E-state index in [2.05, 4.69) is 33.2 Å². The monoisotopic (exact) mass is 278 g/mol. The summed E-state index contributed by atoms with van der Waals surface area (Å²) in [5.74, 6) is 0.379. The molecule has 82 valence electrons. The van der Waals surface area contributed by atoms with Crippen molar-refractivity contribution in [3.63, 3.8) is 0 Å². The van der Waals surface area contributed by atoms with Crippen molar-refractivity contribution >= 4 is 21.8 Å². The van der Waals surface area contributed by atoms with E-state index in [1.165, 1.54) is 17.5 Å². The number of rotatable bonds is 1. The predicted octanol–water partition coefficient (Wildman–Crippen LogP) is 3.18. The summed E-state index contributed by atoms with van der Waals surface area (Å²) < 4.78 is 6.06. The molecule has 2 N–H and O–H groups in total. The number of hydrogen-bond donors (Lipinski definition) is 1. The van der Waals surface area contributed by atoms with Crippen molar-refractivity contribution in [1.82, 2.24) is 5.16 Å². The summed E-state index contributed by atoms with van der Waals surface area (Å²) in [7, 11) is 0. The van der Waals surface area contributed by atoms with Crippen molar-refractivity contribution in [2.45, 2.75) is 19.3 Å². The number of aryl methyl sites for hydroxylation is 1. The van der Waals surface area contributed by atoms with Crippen LogP contribution in [0.15, 0.2) is 27.3 Å². The van der Waals surface area contributed by atoms with Gasteiger partial charge in [-0.1, -0.05) is 27.2 Å². The SMILES string of the molecule is Nc1oncc1-c1cc(Br)c2c(c1)CCC2. The standard InChI is InChI=1S/C12H11BrN2O/c13-11-5-8(10-6-15-16-12(10)14)4-7-2-1-3-9(7)11/h4-6H,1-3,14H2. The van der Waals surface area contributed by atoms with Gasteiger partial charge < -0.3 is 10.3 Å². The zero-order valence-electron chi connectivity index (χ0n) is 8.66. The molecule has 0 saturated heterocycles. The van der Waals surface area contributed by atoms with Gasteiger partial charge in [0.25, 0.3) is 0 Å². The van der Waals surface area contributed by atoms with Crippen LogP contribution >= 0.6 is 15.9 Å². The molecule has 0 unspecified atom stereocenters. The Morgan fingerprint density at radius 2 is 2.19 bits per heavy atom. The number of nitrogen functional groups attached to an aromatic ring is 1. The lowest BCUT2D eigenvalue weighted by molar-refractivity contribution is 0.436. The number of fused-ring (bicyclic) bond motifs is 1. The Labute approximate surface area is 102 Å². The van der Waals surface area contributed by atoms with Crippen LogP contribution in [-0.4, -0.2) is 5.16 Å². The summed E-state index contributed by atoms with van der Waals surface area (Å²) in [6.07, 6.45) is 5.21. The smallest absolute Gasteiger partial charge is 0.229 e. The van der Waals surface area contributed by atoms with Gasteiger partial charge >= 0.3 is 0 Å². The highest BCUT2D eigenvalue weighted by molar-refractivity contribution is 9.10. The first-order chi connectivity index (χ1) is 7.75. The van der Waals surface area contributed by atoms with Gasteiger partial charge in [0.15, 0.2) is 0 Å².